The predicted octanol–water partition coefficient (Wildman–Crippen LogP) is 4.07. The second-order valence-electron chi connectivity index (χ2n) is 4.89. The van der Waals surface area contributed by atoms with Gasteiger partial charge in [-0.25, -0.2) is 0 Å². The van der Waals surface area contributed by atoms with E-state index in [-0.39, 0.29) is 0 Å². The van der Waals surface area contributed by atoms with Crippen LogP contribution in [0.15, 0.2) is 18.2 Å². The molecule has 16 heavy (non-hydrogen) atoms. The molecule has 1 aliphatic heterocycles. The number of alkyl halides is 1. The molecule has 1 saturated carbocycles. The molecule has 0 N–H and O–H groups in total. The van der Waals surface area contributed by atoms with Gasteiger partial charge < -0.3 is 4.90 Å². The number of fused-ring (bicyclic) bond motifs is 2. The third-order valence-corrected chi connectivity index (χ3v) is 4.56. The van der Waals surface area contributed by atoms with Crippen LogP contribution in [0.25, 0.3) is 0 Å². The lowest BCUT2D eigenvalue weighted by Crippen LogP contribution is -2.31. The molecule has 3 heteroatoms. The van der Waals surface area contributed by atoms with Crippen molar-refractivity contribution in [2.75, 3.05) is 11.4 Å². The number of rotatable bonds is 2. The minimum Gasteiger partial charge on any atom is -0.368 e. The van der Waals surface area contributed by atoms with E-state index >= 15 is 0 Å². The summed E-state index contributed by atoms with van der Waals surface area (Å²) < 4.78 is 0. The van der Waals surface area contributed by atoms with E-state index in [4.69, 9.17) is 23.2 Å². The maximum absolute atomic E-state index is 6.20. The molecule has 1 heterocycles. The van der Waals surface area contributed by atoms with Crippen molar-refractivity contribution >= 4 is 28.9 Å². The van der Waals surface area contributed by atoms with E-state index in [0.717, 1.165) is 22.5 Å². The Kier molecular flexibility index (Phi) is 2.76. The quantitative estimate of drug-likeness (QED) is 0.721. The molecule has 0 amide bonds. The first-order valence-corrected chi connectivity index (χ1v) is 6.80. The second-order valence-corrected chi connectivity index (χ2v) is 5.57. The fourth-order valence-electron chi connectivity index (χ4n) is 3.06. The summed E-state index contributed by atoms with van der Waals surface area (Å²) in [7, 11) is 0. The number of nitrogens with zero attached hydrogens (tertiary/aromatic N) is 1. The first-order valence-electron chi connectivity index (χ1n) is 5.89. The number of benzene rings is 1. The lowest BCUT2D eigenvalue weighted by atomic mass is 10.1. The molecular weight excluding hydrogens is 241 g/mol. The molecule has 3 rings (SSSR count). The smallest absolute Gasteiger partial charge is 0.0488 e. The van der Waals surface area contributed by atoms with Gasteiger partial charge in [0.1, 0.15) is 0 Å². The highest BCUT2D eigenvalue weighted by Gasteiger charge is 2.37. The summed E-state index contributed by atoms with van der Waals surface area (Å²) in [6.07, 6.45) is 4.13. The van der Waals surface area contributed by atoms with Crippen molar-refractivity contribution in [2.45, 2.75) is 31.2 Å². The molecule has 86 valence electrons. The van der Waals surface area contributed by atoms with Gasteiger partial charge in [0.15, 0.2) is 0 Å². The molecule has 2 fully saturated rings. The maximum atomic E-state index is 6.20. The first kappa shape index (κ1) is 10.7. The van der Waals surface area contributed by atoms with Gasteiger partial charge in [0, 0.05) is 29.2 Å². The molecule has 2 bridgehead atoms. The minimum absolute atomic E-state index is 0.491. The van der Waals surface area contributed by atoms with Gasteiger partial charge >= 0.3 is 0 Å². The molecular formula is C13H15Cl2N. The SMILES string of the molecule is ClCc1ccc(N2CC3CCC2C3)cc1Cl. The molecule has 1 saturated heterocycles. The summed E-state index contributed by atoms with van der Waals surface area (Å²) in [5.74, 6) is 1.40. The van der Waals surface area contributed by atoms with Crippen molar-refractivity contribution in [2.24, 2.45) is 5.92 Å². The lowest BCUT2D eigenvalue weighted by Gasteiger charge is -2.29. The number of anilines is 1. The number of hydrogen-bond donors (Lipinski definition) is 0. The van der Waals surface area contributed by atoms with E-state index in [1.54, 1.807) is 0 Å². The van der Waals surface area contributed by atoms with E-state index < -0.39 is 0 Å². The van der Waals surface area contributed by atoms with Gasteiger partial charge in [0.05, 0.1) is 0 Å². The number of halogens is 2. The monoisotopic (exact) mass is 255 g/mol. The molecule has 1 aliphatic carbocycles. The molecule has 1 aromatic rings. The van der Waals surface area contributed by atoms with Gasteiger partial charge in [-0.3, -0.25) is 0 Å². The van der Waals surface area contributed by atoms with Crippen molar-refractivity contribution in [3.63, 3.8) is 0 Å². The zero-order chi connectivity index (χ0) is 11.1. The van der Waals surface area contributed by atoms with E-state index in [1.165, 1.54) is 31.5 Å². The van der Waals surface area contributed by atoms with Crippen LogP contribution < -0.4 is 4.90 Å². The second kappa shape index (κ2) is 4.12. The highest BCUT2D eigenvalue weighted by molar-refractivity contribution is 6.32. The highest BCUT2D eigenvalue weighted by Crippen LogP contribution is 2.40. The van der Waals surface area contributed by atoms with Crippen LogP contribution in [-0.2, 0) is 5.88 Å². The minimum atomic E-state index is 0.491. The summed E-state index contributed by atoms with van der Waals surface area (Å²) in [4.78, 5) is 2.51. The summed E-state index contributed by atoms with van der Waals surface area (Å²) in [5.41, 5.74) is 2.29. The van der Waals surface area contributed by atoms with E-state index in [0.29, 0.717) is 5.88 Å². The number of piperidine rings is 1. The van der Waals surface area contributed by atoms with Crippen LogP contribution >= 0.6 is 23.2 Å². The van der Waals surface area contributed by atoms with Gasteiger partial charge in [-0.05, 0) is 42.9 Å². The Morgan fingerprint density at radius 3 is 2.75 bits per heavy atom. The van der Waals surface area contributed by atoms with Gasteiger partial charge in [0.2, 0.25) is 0 Å². The largest absolute Gasteiger partial charge is 0.368 e. The molecule has 1 nitrogen and oxygen atoms in total. The van der Waals surface area contributed by atoms with Crippen LogP contribution in [0, 0.1) is 5.92 Å². The molecule has 0 spiro atoms. The Bertz CT molecular complexity index is 405. The lowest BCUT2D eigenvalue weighted by molar-refractivity contribution is 0.553. The van der Waals surface area contributed by atoms with Crippen LogP contribution in [0.4, 0.5) is 5.69 Å². The Morgan fingerprint density at radius 1 is 1.31 bits per heavy atom. The highest BCUT2D eigenvalue weighted by atomic mass is 35.5. The van der Waals surface area contributed by atoms with Crippen molar-refractivity contribution in [3.05, 3.63) is 28.8 Å². The zero-order valence-corrected chi connectivity index (χ0v) is 10.6. The van der Waals surface area contributed by atoms with E-state index in [9.17, 15) is 0 Å². The molecule has 0 radical (unpaired) electrons. The van der Waals surface area contributed by atoms with Gasteiger partial charge in [-0.2, -0.15) is 0 Å². The van der Waals surface area contributed by atoms with Crippen molar-refractivity contribution in [1.29, 1.82) is 0 Å². The predicted molar refractivity (Wildman–Crippen MR) is 69.5 cm³/mol. The van der Waals surface area contributed by atoms with Crippen LogP contribution in [-0.4, -0.2) is 12.6 Å². The van der Waals surface area contributed by atoms with Crippen molar-refractivity contribution in [3.8, 4) is 0 Å². The molecule has 0 aromatic heterocycles. The van der Waals surface area contributed by atoms with Crippen LogP contribution in [0.3, 0.4) is 0 Å². The Balaban J connectivity index is 1.87. The third-order valence-electron chi connectivity index (χ3n) is 3.92. The normalized spacial score (nSPS) is 27.8. The zero-order valence-electron chi connectivity index (χ0n) is 9.13. The topological polar surface area (TPSA) is 3.24 Å². The van der Waals surface area contributed by atoms with Crippen LogP contribution in [0.5, 0.6) is 0 Å². The van der Waals surface area contributed by atoms with Gasteiger partial charge in [-0.1, -0.05) is 17.7 Å². The number of hydrogen-bond acceptors (Lipinski definition) is 1. The van der Waals surface area contributed by atoms with Crippen LogP contribution in [0.2, 0.25) is 5.02 Å². The average Bonchev–Trinajstić information content (AvgIpc) is 2.90. The van der Waals surface area contributed by atoms with E-state index in [1.807, 2.05) is 0 Å². The standard InChI is InChI=1S/C13H15Cl2N/c14-7-10-2-4-12(6-13(10)15)16-8-9-1-3-11(16)5-9/h2,4,6,9,11H,1,3,5,7-8H2. The summed E-state index contributed by atoms with van der Waals surface area (Å²) in [6, 6.07) is 7.03. The molecule has 2 atom stereocenters. The van der Waals surface area contributed by atoms with Crippen LogP contribution in [0.1, 0.15) is 24.8 Å². The maximum Gasteiger partial charge on any atom is 0.0488 e. The van der Waals surface area contributed by atoms with Gasteiger partial charge in [0.25, 0.3) is 0 Å². The summed E-state index contributed by atoms with van der Waals surface area (Å²) in [5, 5.41) is 0.801. The Morgan fingerprint density at radius 2 is 2.19 bits per heavy atom. The Labute approximate surface area is 106 Å². The van der Waals surface area contributed by atoms with Crippen molar-refractivity contribution in [1.82, 2.24) is 0 Å². The fourth-order valence-corrected chi connectivity index (χ4v) is 3.61. The third kappa shape index (κ3) is 1.70. The molecule has 2 unspecified atom stereocenters. The average molecular weight is 256 g/mol. The van der Waals surface area contributed by atoms with E-state index in [2.05, 4.69) is 23.1 Å². The Hall–Kier alpha value is -0.400. The molecule has 1 aromatic carbocycles. The first-order chi connectivity index (χ1) is 7.78. The summed E-state index contributed by atoms with van der Waals surface area (Å²) in [6.45, 7) is 1.21. The fraction of sp³-hybridized carbons (Fsp3) is 0.538. The summed E-state index contributed by atoms with van der Waals surface area (Å²) >= 11 is 12.0. The van der Waals surface area contributed by atoms with Gasteiger partial charge in [-0.15, -0.1) is 11.6 Å². The van der Waals surface area contributed by atoms with Crippen molar-refractivity contribution < 1.29 is 0 Å². The molecule has 2 aliphatic rings.